The first-order valence-electron chi connectivity index (χ1n) is 9.81. The zero-order chi connectivity index (χ0) is 19.7. The number of nitrogens with zero attached hydrogens (tertiary/aromatic N) is 8. The second kappa shape index (κ2) is 7.92. The molecule has 0 radical (unpaired) electrons. The minimum atomic E-state index is 0.191. The van der Waals surface area contributed by atoms with Crippen LogP contribution in [0.2, 0.25) is 0 Å². The Balaban J connectivity index is 1.42. The Morgan fingerprint density at radius 2 is 1.82 bits per heavy atom. The molecule has 4 heterocycles. The van der Waals surface area contributed by atoms with E-state index in [4.69, 9.17) is 9.72 Å². The highest BCUT2D eigenvalue weighted by molar-refractivity contribution is 5.48. The van der Waals surface area contributed by atoms with Crippen molar-refractivity contribution in [2.75, 3.05) is 75.2 Å². The van der Waals surface area contributed by atoms with Gasteiger partial charge in [-0.1, -0.05) is 0 Å². The molecule has 2 aliphatic rings. The molecule has 0 aliphatic carbocycles. The molecule has 0 aromatic carbocycles. The SMILES string of the molecule is CO[C@@H]1CN(c2ccnc(N3CCN(c4cnn(C)c4)CC3)n2)C[C@@H]1N(C)C. The fraction of sp³-hybridized carbons (Fsp3) is 0.632. The molecule has 0 bridgehead atoms. The normalized spacial score (nSPS) is 23.1. The van der Waals surface area contributed by atoms with E-state index in [0.717, 1.165) is 51.0 Å². The maximum absolute atomic E-state index is 5.69. The molecule has 2 atom stereocenters. The van der Waals surface area contributed by atoms with Crippen LogP contribution in [0.3, 0.4) is 0 Å². The second-order valence-electron chi connectivity index (χ2n) is 7.77. The first-order valence-corrected chi connectivity index (χ1v) is 9.81. The minimum absolute atomic E-state index is 0.191. The summed E-state index contributed by atoms with van der Waals surface area (Å²) in [6, 6.07) is 2.37. The quantitative estimate of drug-likeness (QED) is 0.727. The van der Waals surface area contributed by atoms with Gasteiger partial charge < -0.3 is 24.3 Å². The average Bonchev–Trinajstić information content (AvgIpc) is 3.35. The lowest BCUT2D eigenvalue weighted by Gasteiger charge is -2.35. The van der Waals surface area contributed by atoms with Crippen LogP contribution in [0.15, 0.2) is 24.7 Å². The molecule has 28 heavy (non-hydrogen) atoms. The molecule has 2 fully saturated rings. The van der Waals surface area contributed by atoms with Gasteiger partial charge in [0.2, 0.25) is 5.95 Å². The molecule has 0 unspecified atom stereocenters. The van der Waals surface area contributed by atoms with Crippen molar-refractivity contribution < 1.29 is 4.74 Å². The number of hydrogen-bond acceptors (Lipinski definition) is 8. The van der Waals surface area contributed by atoms with Crippen LogP contribution in [0.25, 0.3) is 0 Å². The number of ether oxygens (including phenoxy) is 1. The summed E-state index contributed by atoms with van der Waals surface area (Å²) in [4.78, 5) is 18.6. The number of aryl methyl sites for hydroxylation is 1. The zero-order valence-corrected chi connectivity index (χ0v) is 17.2. The van der Waals surface area contributed by atoms with Crippen LogP contribution in [0.4, 0.5) is 17.5 Å². The van der Waals surface area contributed by atoms with Gasteiger partial charge in [0.1, 0.15) is 5.82 Å². The molecule has 9 nitrogen and oxygen atoms in total. The van der Waals surface area contributed by atoms with Gasteiger partial charge in [0, 0.05) is 65.8 Å². The van der Waals surface area contributed by atoms with Gasteiger partial charge in [0.15, 0.2) is 0 Å². The molecule has 2 aromatic rings. The summed E-state index contributed by atoms with van der Waals surface area (Å²) >= 11 is 0. The number of likely N-dealkylation sites (N-methyl/N-ethyl adjacent to an activating group) is 1. The predicted octanol–water partition coefficient (Wildman–Crippen LogP) is 0.302. The highest BCUT2D eigenvalue weighted by atomic mass is 16.5. The third kappa shape index (κ3) is 3.77. The van der Waals surface area contributed by atoms with Crippen LogP contribution in [0.1, 0.15) is 0 Å². The molecular formula is C19H30N8O. The van der Waals surface area contributed by atoms with Crippen molar-refractivity contribution in [3.8, 4) is 0 Å². The first kappa shape index (κ1) is 18.9. The van der Waals surface area contributed by atoms with Crippen molar-refractivity contribution in [1.82, 2.24) is 24.6 Å². The topological polar surface area (TPSA) is 65.8 Å². The van der Waals surface area contributed by atoms with E-state index in [-0.39, 0.29) is 6.10 Å². The fourth-order valence-corrected chi connectivity index (χ4v) is 4.08. The molecule has 0 spiro atoms. The summed E-state index contributed by atoms with van der Waals surface area (Å²) < 4.78 is 7.54. The number of rotatable bonds is 5. The molecule has 0 amide bonds. The highest BCUT2D eigenvalue weighted by Gasteiger charge is 2.35. The van der Waals surface area contributed by atoms with Gasteiger partial charge in [0.05, 0.1) is 24.0 Å². The lowest BCUT2D eigenvalue weighted by Crippen LogP contribution is -2.47. The maximum atomic E-state index is 5.69. The second-order valence-corrected chi connectivity index (χ2v) is 7.77. The van der Waals surface area contributed by atoms with Crippen LogP contribution in [0.5, 0.6) is 0 Å². The first-order chi connectivity index (χ1) is 13.5. The molecule has 2 saturated heterocycles. The Bertz CT molecular complexity index is 786. The number of anilines is 3. The summed E-state index contributed by atoms with van der Waals surface area (Å²) in [6.07, 6.45) is 6.05. The van der Waals surface area contributed by atoms with E-state index in [1.165, 1.54) is 5.69 Å². The van der Waals surface area contributed by atoms with Gasteiger partial charge in [-0.25, -0.2) is 4.98 Å². The minimum Gasteiger partial charge on any atom is -0.378 e. The van der Waals surface area contributed by atoms with Gasteiger partial charge in [-0.05, 0) is 20.2 Å². The van der Waals surface area contributed by atoms with Crippen molar-refractivity contribution in [3.63, 3.8) is 0 Å². The van der Waals surface area contributed by atoms with Crippen LogP contribution in [-0.2, 0) is 11.8 Å². The Kier molecular flexibility index (Phi) is 5.36. The van der Waals surface area contributed by atoms with E-state index in [2.05, 4.69) is 50.0 Å². The van der Waals surface area contributed by atoms with Crippen molar-refractivity contribution in [3.05, 3.63) is 24.7 Å². The molecule has 0 N–H and O–H groups in total. The van der Waals surface area contributed by atoms with Crippen LogP contribution >= 0.6 is 0 Å². The van der Waals surface area contributed by atoms with E-state index in [0.29, 0.717) is 6.04 Å². The van der Waals surface area contributed by atoms with E-state index in [1.807, 2.05) is 30.2 Å². The Hall–Kier alpha value is -2.39. The lowest BCUT2D eigenvalue weighted by atomic mass is 10.2. The Morgan fingerprint density at radius 3 is 2.43 bits per heavy atom. The zero-order valence-electron chi connectivity index (χ0n) is 17.2. The third-order valence-electron chi connectivity index (χ3n) is 5.77. The van der Waals surface area contributed by atoms with Crippen molar-refractivity contribution in [1.29, 1.82) is 0 Å². The van der Waals surface area contributed by atoms with Crippen LogP contribution < -0.4 is 14.7 Å². The number of hydrogen-bond donors (Lipinski definition) is 0. The average molecular weight is 387 g/mol. The molecule has 0 saturated carbocycles. The van der Waals surface area contributed by atoms with Crippen LogP contribution in [0, 0.1) is 0 Å². The molecule has 4 rings (SSSR count). The van der Waals surface area contributed by atoms with Crippen LogP contribution in [-0.4, -0.2) is 97.3 Å². The van der Waals surface area contributed by atoms with Gasteiger partial charge in [-0.2, -0.15) is 10.1 Å². The lowest BCUT2D eigenvalue weighted by molar-refractivity contribution is 0.0639. The third-order valence-corrected chi connectivity index (χ3v) is 5.77. The molecule has 9 heteroatoms. The van der Waals surface area contributed by atoms with Crippen molar-refractivity contribution in [2.24, 2.45) is 7.05 Å². The standard InChI is InChI=1S/C19H30N8O/c1-23(2)16-13-27(14-17(16)28-4)18-5-6-20-19(22-18)26-9-7-25(8-10-26)15-11-21-24(3)12-15/h5-6,11-12,16-17H,7-10,13-14H2,1-4H3/t16-,17+/m0/s1. The smallest absolute Gasteiger partial charge is 0.227 e. The van der Waals surface area contributed by atoms with Gasteiger partial charge in [-0.3, -0.25) is 4.68 Å². The van der Waals surface area contributed by atoms with Gasteiger partial charge >= 0.3 is 0 Å². The van der Waals surface area contributed by atoms with E-state index >= 15 is 0 Å². The monoisotopic (exact) mass is 386 g/mol. The fourth-order valence-electron chi connectivity index (χ4n) is 4.08. The van der Waals surface area contributed by atoms with Crippen molar-refractivity contribution in [2.45, 2.75) is 12.1 Å². The van der Waals surface area contributed by atoms with Crippen molar-refractivity contribution >= 4 is 17.5 Å². The number of aromatic nitrogens is 4. The summed E-state index contributed by atoms with van der Waals surface area (Å²) in [5.41, 5.74) is 1.18. The largest absolute Gasteiger partial charge is 0.378 e. The molecule has 2 aliphatic heterocycles. The van der Waals surface area contributed by atoms with E-state index in [9.17, 15) is 0 Å². The molecular weight excluding hydrogens is 356 g/mol. The predicted molar refractivity (Wildman–Crippen MR) is 110 cm³/mol. The molecule has 152 valence electrons. The number of piperazine rings is 1. The summed E-state index contributed by atoms with van der Waals surface area (Å²) in [6.45, 7) is 5.45. The highest BCUT2D eigenvalue weighted by Crippen LogP contribution is 2.24. The Morgan fingerprint density at radius 1 is 1.07 bits per heavy atom. The molecule has 2 aromatic heterocycles. The summed E-state index contributed by atoms with van der Waals surface area (Å²) in [5, 5.41) is 4.27. The summed E-state index contributed by atoms with van der Waals surface area (Å²) in [5.74, 6) is 1.79. The Labute approximate surface area is 166 Å². The van der Waals surface area contributed by atoms with E-state index in [1.54, 1.807) is 7.11 Å². The maximum Gasteiger partial charge on any atom is 0.227 e. The van der Waals surface area contributed by atoms with Gasteiger partial charge in [0.25, 0.3) is 0 Å². The van der Waals surface area contributed by atoms with E-state index < -0.39 is 0 Å². The van der Waals surface area contributed by atoms with Gasteiger partial charge in [-0.15, -0.1) is 0 Å². The summed E-state index contributed by atoms with van der Waals surface area (Å²) in [7, 11) is 7.95. The number of methoxy groups -OCH3 is 1.